The van der Waals surface area contributed by atoms with Gasteiger partial charge in [0.1, 0.15) is 10.8 Å². The summed E-state index contributed by atoms with van der Waals surface area (Å²) in [5.74, 6) is 1.29. The van der Waals surface area contributed by atoms with Crippen LogP contribution < -0.4 is 10.1 Å². The molecule has 2 aromatic rings. The third kappa shape index (κ3) is 4.47. The van der Waals surface area contributed by atoms with Crippen LogP contribution in [-0.4, -0.2) is 42.5 Å². The molecule has 2 heterocycles. The smallest absolute Gasteiger partial charge is 0.255 e. The van der Waals surface area contributed by atoms with Crippen LogP contribution in [0.4, 0.5) is 0 Å². The largest absolute Gasteiger partial charge is 0.437 e. The number of amides is 1. The molecular weight excluding hydrogens is 373 g/mol. The molecule has 0 bridgehead atoms. The number of rotatable bonds is 5. The normalized spacial score (nSPS) is 17.2. The van der Waals surface area contributed by atoms with Gasteiger partial charge in [0.2, 0.25) is 5.88 Å². The molecule has 5 nitrogen and oxygen atoms in total. The summed E-state index contributed by atoms with van der Waals surface area (Å²) in [6, 6.07) is 8.54. The highest BCUT2D eigenvalue weighted by molar-refractivity contribution is 6.42. The Kier molecular flexibility index (Phi) is 6.35. The van der Waals surface area contributed by atoms with Gasteiger partial charge >= 0.3 is 0 Å². The number of pyridine rings is 1. The average Bonchev–Trinajstić information content (AvgIpc) is 2.66. The monoisotopic (exact) mass is 393 g/mol. The minimum atomic E-state index is 0.00522. The highest BCUT2D eigenvalue weighted by atomic mass is 35.5. The van der Waals surface area contributed by atoms with Crippen LogP contribution in [0, 0.1) is 5.92 Å². The van der Waals surface area contributed by atoms with E-state index in [0.717, 1.165) is 32.5 Å². The van der Waals surface area contributed by atoms with Crippen LogP contribution in [0.3, 0.4) is 0 Å². The Bertz CT molecular complexity index is 766. The van der Waals surface area contributed by atoms with E-state index in [1.807, 2.05) is 11.9 Å². The number of hydrogen-bond donors (Lipinski definition) is 1. The van der Waals surface area contributed by atoms with Gasteiger partial charge in [0.25, 0.3) is 5.91 Å². The number of nitrogens with zero attached hydrogens (tertiary/aromatic N) is 2. The zero-order valence-corrected chi connectivity index (χ0v) is 16.1. The molecular formula is C19H21Cl2N3O2. The predicted molar refractivity (Wildman–Crippen MR) is 103 cm³/mol. The standard InChI is InChI=1S/C19H21Cl2N3O2/c1-22-10-13-4-3-9-24(12-13)19(25)14-7-8-17(23-11-14)26-16-6-2-5-15(20)18(16)21/h2,5-8,11,13,22H,3-4,9-10,12H2,1H3. The molecule has 1 fully saturated rings. The van der Waals surface area contributed by atoms with Crippen molar-refractivity contribution in [3.05, 3.63) is 52.1 Å². The molecule has 1 aromatic heterocycles. The summed E-state index contributed by atoms with van der Waals surface area (Å²) in [6.45, 7) is 2.49. The summed E-state index contributed by atoms with van der Waals surface area (Å²) in [5, 5.41) is 3.94. The summed E-state index contributed by atoms with van der Waals surface area (Å²) in [4.78, 5) is 18.8. The number of aromatic nitrogens is 1. The zero-order valence-electron chi connectivity index (χ0n) is 14.5. The lowest BCUT2D eigenvalue weighted by Gasteiger charge is -2.32. The first kappa shape index (κ1) is 19.0. The maximum Gasteiger partial charge on any atom is 0.255 e. The van der Waals surface area contributed by atoms with Gasteiger partial charge in [-0.1, -0.05) is 29.3 Å². The molecule has 1 aliphatic heterocycles. The Balaban J connectivity index is 1.67. The van der Waals surface area contributed by atoms with Crippen LogP contribution in [0.25, 0.3) is 0 Å². The van der Waals surface area contributed by atoms with E-state index in [2.05, 4.69) is 10.3 Å². The molecule has 0 aliphatic carbocycles. The second kappa shape index (κ2) is 8.71. The van der Waals surface area contributed by atoms with Crippen LogP contribution in [0.2, 0.25) is 10.0 Å². The SMILES string of the molecule is CNCC1CCCN(C(=O)c2ccc(Oc3cccc(Cl)c3Cl)nc2)C1. The lowest BCUT2D eigenvalue weighted by molar-refractivity contribution is 0.0674. The van der Waals surface area contributed by atoms with Crippen molar-refractivity contribution >= 4 is 29.1 Å². The van der Waals surface area contributed by atoms with Gasteiger partial charge in [-0.05, 0) is 50.6 Å². The Morgan fingerprint density at radius 3 is 2.92 bits per heavy atom. The number of benzene rings is 1. The number of likely N-dealkylation sites (tertiary alicyclic amines) is 1. The fourth-order valence-corrected chi connectivity index (χ4v) is 3.46. The van der Waals surface area contributed by atoms with Gasteiger partial charge in [-0.2, -0.15) is 0 Å². The number of carbonyl (C=O) groups excluding carboxylic acids is 1. The predicted octanol–water partition coefficient (Wildman–Crippen LogP) is 4.25. The van der Waals surface area contributed by atoms with Crippen LogP contribution in [0.15, 0.2) is 36.5 Å². The Hall–Kier alpha value is -1.82. The molecule has 7 heteroatoms. The molecule has 3 rings (SSSR count). The fraction of sp³-hybridized carbons (Fsp3) is 0.368. The highest BCUT2D eigenvalue weighted by Crippen LogP contribution is 2.34. The van der Waals surface area contributed by atoms with Crippen molar-refractivity contribution in [2.24, 2.45) is 5.92 Å². The maximum atomic E-state index is 12.7. The average molecular weight is 394 g/mol. The van der Waals surface area contributed by atoms with Crippen molar-refractivity contribution in [2.75, 3.05) is 26.7 Å². The van der Waals surface area contributed by atoms with Crippen molar-refractivity contribution in [1.29, 1.82) is 0 Å². The lowest BCUT2D eigenvalue weighted by atomic mass is 9.97. The molecule has 1 atom stereocenters. The molecule has 0 spiro atoms. The van der Waals surface area contributed by atoms with E-state index < -0.39 is 0 Å². The lowest BCUT2D eigenvalue weighted by Crippen LogP contribution is -2.42. The van der Waals surface area contributed by atoms with Crippen molar-refractivity contribution in [3.63, 3.8) is 0 Å². The van der Waals surface area contributed by atoms with Gasteiger partial charge < -0.3 is 15.0 Å². The summed E-state index contributed by atoms with van der Waals surface area (Å²) in [6.07, 6.45) is 3.72. The van der Waals surface area contributed by atoms with Crippen molar-refractivity contribution in [1.82, 2.24) is 15.2 Å². The molecule has 138 valence electrons. The van der Waals surface area contributed by atoms with Gasteiger partial charge in [-0.15, -0.1) is 0 Å². The Morgan fingerprint density at radius 1 is 1.35 bits per heavy atom. The number of carbonyl (C=O) groups is 1. The minimum Gasteiger partial charge on any atom is -0.437 e. The second-order valence-electron chi connectivity index (χ2n) is 6.36. The van der Waals surface area contributed by atoms with Crippen molar-refractivity contribution in [3.8, 4) is 11.6 Å². The van der Waals surface area contributed by atoms with E-state index in [1.165, 1.54) is 6.20 Å². The topological polar surface area (TPSA) is 54.5 Å². The van der Waals surface area contributed by atoms with Crippen molar-refractivity contribution in [2.45, 2.75) is 12.8 Å². The molecule has 1 amide bonds. The number of halogens is 2. The first-order valence-corrected chi connectivity index (χ1v) is 9.36. The third-order valence-corrected chi connectivity index (χ3v) is 5.21. The van der Waals surface area contributed by atoms with Crippen LogP contribution in [0.1, 0.15) is 23.2 Å². The van der Waals surface area contributed by atoms with Crippen molar-refractivity contribution < 1.29 is 9.53 Å². The van der Waals surface area contributed by atoms with E-state index in [1.54, 1.807) is 30.3 Å². The van der Waals surface area contributed by atoms with Crippen LogP contribution in [-0.2, 0) is 0 Å². The molecule has 1 aromatic carbocycles. The number of nitrogens with one attached hydrogen (secondary N) is 1. The quantitative estimate of drug-likeness (QED) is 0.824. The molecule has 1 N–H and O–H groups in total. The summed E-state index contributed by atoms with van der Waals surface area (Å²) < 4.78 is 5.66. The molecule has 26 heavy (non-hydrogen) atoms. The minimum absolute atomic E-state index is 0.00522. The van der Waals surface area contributed by atoms with E-state index >= 15 is 0 Å². The molecule has 1 unspecified atom stereocenters. The first-order chi connectivity index (χ1) is 12.6. The van der Waals surface area contributed by atoms with Gasteiger partial charge in [-0.25, -0.2) is 4.98 Å². The molecule has 0 radical (unpaired) electrons. The van der Waals surface area contributed by atoms with Crippen LogP contribution in [0.5, 0.6) is 11.6 Å². The summed E-state index contributed by atoms with van der Waals surface area (Å²) >= 11 is 12.1. The Labute approximate surface area is 163 Å². The number of ether oxygens (including phenoxy) is 1. The highest BCUT2D eigenvalue weighted by Gasteiger charge is 2.24. The maximum absolute atomic E-state index is 12.7. The first-order valence-electron chi connectivity index (χ1n) is 8.60. The van der Waals surface area contributed by atoms with Gasteiger partial charge in [0.05, 0.1) is 10.6 Å². The van der Waals surface area contributed by atoms with Crippen LogP contribution >= 0.6 is 23.2 Å². The van der Waals surface area contributed by atoms with Gasteiger partial charge in [0, 0.05) is 25.4 Å². The van der Waals surface area contributed by atoms with E-state index in [-0.39, 0.29) is 5.91 Å². The van der Waals surface area contributed by atoms with Gasteiger partial charge in [0.15, 0.2) is 0 Å². The molecule has 1 aliphatic rings. The molecule has 0 saturated carbocycles. The van der Waals surface area contributed by atoms with E-state index in [0.29, 0.717) is 33.2 Å². The van der Waals surface area contributed by atoms with E-state index in [4.69, 9.17) is 27.9 Å². The molecule has 1 saturated heterocycles. The summed E-state index contributed by atoms with van der Waals surface area (Å²) in [5.41, 5.74) is 0.555. The van der Waals surface area contributed by atoms with Gasteiger partial charge in [-0.3, -0.25) is 4.79 Å². The number of piperidine rings is 1. The zero-order chi connectivity index (χ0) is 18.5. The third-order valence-electron chi connectivity index (χ3n) is 4.41. The summed E-state index contributed by atoms with van der Waals surface area (Å²) in [7, 11) is 1.94. The second-order valence-corrected chi connectivity index (χ2v) is 7.14. The van der Waals surface area contributed by atoms with E-state index in [9.17, 15) is 4.79 Å². The fourth-order valence-electron chi connectivity index (χ4n) is 3.13. The number of hydrogen-bond acceptors (Lipinski definition) is 4. The Morgan fingerprint density at radius 2 is 2.19 bits per heavy atom.